The molecule has 0 saturated heterocycles. The number of H-pyrrole nitrogens is 1. The van der Waals surface area contributed by atoms with Crippen LogP contribution >= 0.6 is 15.9 Å². The fraction of sp³-hybridized carbons (Fsp3) is 0.222. The fourth-order valence-electron chi connectivity index (χ4n) is 2.69. The number of nitrogens with zero attached hydrogens (tertiary/aromatic N) is 2. The second-order valence-electron chi connectivity index (χ2n) is 6.39. The zero-order valence-electron chi connectivity index (χ0n) is 12.6. The lowest BCUT2D eigenvalue weighted by Gasteiger charge is -2.19. The van der Waals surface area contributed by atoms with Gasteiger partial charge in [0.2, 0.25) is 0 Å². The second kappa shape index (κ2) is 4.87. The number of benzene rings is 2. The maximum atomic E-state index is 9.50. The van der Waals surface area contributed by atoms with Crippen molar-refractivity contribution >= 4 is 37.7 Å². The summed E-state index contributed by atoms with van der Waals surface area (Å²) in [4.78, 5) is 3.34. The lowest BCUT2D eigenvalue weighted by Crippen LogP contribution is -2.10. The Hall–Kier alpha value is -2.30. The normalized spacial score (nSPS) is 11.5. The van der Waals surface area contributed by atoms with Crippen LogP contribution in [-0.2, 0) is 5.41 Å². The second-order valence-corrected chi connectivity index (χ2v) is 7.24. The molecule has 3 nitrogen and oxygen atoms in total. The first-order valence-electron chi connectivity index (χ1n) is 6.95. The Balaban J connectivity index is 2.55. The van der Waals surface area contributed by atoms with Gasteiger partial charge in [-0.05, 0) is 51.2 Å². The van der Waals surface area contributed by atoms with Crippen molar-refractivity contribution in [3.05, 3.63) is 45.4 Å². The van der Waals surface area contributed by atoms with Gasteiger partial charge in [0, 0.05) is 20.8 Å². The Morgan fingerprint density at radius 1 is 1.09 bits per heavy atom. The number of fused-ring (bicyclic) bond motifs is 3. The van der Waals surface area contributed by atoms with Crippen molar-refractivity contribution in [2.45, 2.75) is 26.2 Å². The molecule has 0 radical (unpaired) electrons. The van der Waals surface area contributed by atoms with Crippen molar-refractivity contribution in [2.24, 2.45) is 0 Å². The van der Waals surface area contributed by atoms with Crippen LogP contribution in [0.15, 0.2) is 28.7 Å². The molecule has 0 spiro atoms. The standard InChI is InChI=1S/C18H14BrN3/c1-18(2,3)11-6-12-16-13(9-21)10(8-20)4-5-15(16)22-17(12)14(19)7-11/h4-7,22H,1-3H3. The summed E-state index contributed by atoms with van der Waals surface area (Å²) < 4.78 is 0.966. The van der Waals surface area contributed by atoms with E-state index in [2.05, 4.69) is 66.0 Å². The van der Waals surface area contributed by atoms with Gasteiger partial charge in [0.15, 0.2) is 0 Å². The lowest BCUT2D eigenvalue weighted by molar-refractivity contribution is 0.591. The van der Waals surface area contributed by atoms with E-state index in [9.17, 15) is 10.5 Å². The number of rotatable bonds is 0. The average Bonchev–Trinajstić information content (AvgIpc) is 2.84. The van der Waals surface area contributed by atoms with Crippen LogP contribution in [-0.4, -0.2) is 4.98 Å². The van der Waals surface area contributed by atoms with Crippen molar-refractivity contribution in [3.63, 3.8) is 0 Å². The molecule has 2 aromatic carbocycles. The van der Waals surface area contributed by atoms with E-state index in [0.717, 1.165) is 26.3 Å². The van der Waals surface area contributed by atoms with Crippen molar-refractivity contribution in [2.75, 3.05) is 0 Å². The number of hydrogen-bond donors (Lipinski definition) is 1. The number of halogens is 1. The van der Waals surface area contributed by atoms with Gasteiger partial charge in [0.05, 0.1) is 16.6 Å². The SMILES string of the molecule is CC(C)(C)c1cc(Br)c2[nH]c3ccc(C#N)c(C#N)c3c2c1. The Morgan fingerprint density at radius 2 is 1.82 bits per heavy atom. The van der Waals surface area contributed by atoms with Crippen LogP contribution in [0.25, 0.3) is 21.8 Å². The van der Waals surface area contributed by atoms with E-state index >= 15 is 0 Å². The third kappa shape index (κ3) is 2.08. The summed E-state index contributed by atoms with van der Waals surface area (Å²) >= 11 is 3.62. The van der Waals surface area contributed by atoms with E-state index in [4.69, 9.17) is 0 Å². The Bertz CT molecular complexity index is 992. The molecule has 4 heteroatoms. The van der Waals surface area contributed by atoms with E-state index in [-0.39, 0.29) is 5.41 Å². The van der Waals surface area contributed by atoms with Crippen molar-refractivity contribution in [1.29, 1.82) is 10.5 Å². The highest BCUT2D eigenvalue weighted by Gasteiger charge is 2.19. The quantitative estimate of drug-likeness (QED) is 0.610. The molecule has 0 aliphatic rings. The molecule has 0 amide bonds. The topological polar surface area (TPSA) is 63.4 Å². The van der Waals surface area contributed by atoms with Gasteiger partial charge in [-0.25, -0.2) is 0 Å². The molecule has 0 aliphatic carbocycles. The molecule has 1 N–H and O–H groups in total. The van der Waals surface area contributed by atoms with Crippen LogP contribution < -0.4 is 0 Å². The molecule has 1 heterocycles. The smallest absolute Gasteiger partial charge is 0.101 e. The largest absolute Gasteiger partial charge is 0.354 e. The van der Waals surface area contributed by atoms with Gasteiger partial charge in [-0.1, -0.05) is 20.8 Å². The third-order valence-corrected chi connectivity index (χ3v) is 4.55. The molecule has 0 atom stereocenters. The molecule has 1 aromatic heterocycles. The molecule has 0 unspecified atom stereocenters. The molecule has 3 aromatic rings. The lowest BCUT2D eigenvalue weighted by atomic mass is 9.86. The van der Waals surface area contributed by atoms with Crippen molar-refractivity contribution < 1.29 is 0 Å². The van der Waals surface area contributed by atoms with Gasteiger partial charge < -0.3 is 4.98 Å². The van der Waals surface area contributed by atoms with E-state index < -0.39 is 0 Å². The van der Waals surface area contributed by atoms with Crippen molar-refractivity contribution in [3.8, 4) is 12.1 Å². The first-order valence-corrected chi connectivity index (χ1v) is 7.74. The molecule has 0 aliphatic heterocycles. The predicted octanol–water partition coefficient (Wildman–Crippen LogP) is 5.12. The number of aromatic amines is 1. The zero-order chi connectivity index (χ0) is 16.1. The van der Waals surface area contributed by atoms with Crippen LogP contribution in [0.4, 0.5) is 0 Å². The van der Waals surface area contributed by atoms with E-state index in [1.807, 2.05) is 6.07 Å². The summed E-state index contributed by atoms with van der Waals surface area (Å²) in [6.45, 7) is 6.46. The molecule has 22 heavy (non-hydrogen) atoms. The van der Waals surface area contributed by atoms with E-state index in [0.29, 0.717) is 11.1 Å². The predicted molar refractivity (Wildman–Crippen MR) is 91.6 cm³/mol. The Kier molecular flexibility index (Phi) is 3.24. The van der Waals surface area contributed by atoms with Gasteiger partial charge >= 0.3 is 0 Å². The van der Waals surface area contributed by atoms with Gasteiger partial charge in [-0.15, -0.1) is 0 Å². The highest BCUT2D eigenvalue weighted by molar-refractivity contribution is 9.10. The number of hydrogen-bond acceptors (Lipinski definition) is 2. The van der Waals surface area contributed by atoms with Gasteiger partial charge in [-0.3, -0.25) is 0 Å². The molecule has 0 fully saturated rings. The van der Waals surface area contributed by atoms with Gasteiger partial charge in [0.1, 0.15) is 12.1 Å². The molecule has 3 rings (SSSR count). The molecular formula is C18H14BrN3. The zero-order valence-corrected chi connectivity index (χ0v) is 14.2. The summed E-state index contributed by atoms with van der Waals surface area (Å²) in [5.41, 5.74) is 3.85. The first-order chi connectivity index (χ1) is 10.4. The van der Waals surface area contributed by atoms with E-state index in [1.54, 1.807) is 6.07 Å². The minimum atomic E-state index is -0.0000508. The molecular weight excluding hydrogens is 338 g/mol. The van der Waals surface area contributed by atoms with Crippen LogP contribution in [0, 0.1) is 22.7 Å². The van der Waals surface area contributed by atoms with Crippen LogP contribution in [0.3, 0.4) is 0 Å². The van der Waals surface area contributed by atoms with Gasteiger partial charge in [-0.2, -0.15) is 10.5 Å². The maximum Gasteiger partial charge on any atom is 0.101 e. The molecule has 0 saturated carbocycles. The molecule has 108 valence electrons. The van der Waals surface area contributed by atoms with Crippen LogP contribution in [0.2, 0.25) is 0 Å². The number of aromatic nitrogens is 1. The number of nitriles is 2. The average molecular weight is 352 g/mol. The van der Waals surface area contributed by atoms with E-state index in [1.165, 1.54) is 5.56 Å². The first kappa shape index (κ1) is 14.6. The molecule has 0 bridgehead atoms. The highest BCUT2D eigenvalue weighted by atomic mass is 79.9. The van der Waals surface area contributed by atoms with Crippen molar-refractivity contribution in [1.82, 2.24) is 4.98 Å². The Labute approximate surface area is 137 Å². The summed E-state index contributed by atoms with van der Waals surface area (Å²) in [6.07, 6.45) is 0. The summed E-state index contributed by atoms with van der Waals surface area (Å²) in [7, 11) is 0. The van der Waals surface area contributed by atoms with Gasteiger partial charge in [0.25, 0.3) is 0 Å². The van der Waals surface area contributed by atoms with Crippen LogP contribution in [0.5, 0.6) is 0 Å². The minimum absolute atomic E-state index is 0.0000508. The third-order valence-electron chi connectivity index (χ3n) is 3.92. The summed E-state index contributed by atoms with van der Waals surface area (Å²) in [6, 6.07) is 12.1. The monoisotopic (exact) mass is 351 g/mol. The maximum absolute atomic E-state index is 9.50. The summed E-state index contributed by atoms with van der Waals surface area (Å²) in [5, 5.41) is 20.5. The minimum Gasteiger partial charge on any atom is -0.354 e. The number of nitrogens with one attached hydrogen (secondary N) is 1. The van der Waals surface area contributed by atoms with Crippen LogP contribution in [0.1, 0.15) is 37.5 Å². The Morgan fingerprint density at radius 3 is 2.41 bits per heavy atom. The summed E-state index contributed by atoms with van der Waals surface area (Å²) in [5.74, 6) is 0. The highest BCUT2D eigenvalue weighted by Crippen LogP contribution is 2.37. The fourth-order valence-corrected chi connectivity index (χ4v) is 3.25.